The molecule has 144 valence electrons. The van der Waals surface area contributed by atoms with Crippen LogP contribution in [0.15, 0.2) is 35.1 Å². The van der Waals surface area contributed by atoms with Gasteiger partial charge >= 0.3 is 0 Å². The third-order valence-corrected chi connectivity index (χ3v) is 4.54. The first kappa shape index (κ1) is 18.0. The summed E-state index contributed by atoms with van der Waals surface area (Å²) < 4.78 is 10.9. The molecule has 0 saturated heterocycles. The van der Waals surface area contributed by atoms with Gasteiger partial charge in [-0.05, 0) is 31.7 Å². The Bertz CT molecular complexity index is 984. The minimum absolute atomic E-state index is 0.189. The summed E-state index contributed by atoms with van der Waals surface area (Å²) in [4.78, 5) is 12.7. The van der Waals surface area contributed by atoms with Gasteiger partial charge < -0.3 is 14.5 Å². The number of nitrogens with zero attached hydrogens (tertiary/aromatic N) is 5. The quantitative estimate of drug-likeness (QED) is 0.573. The molecular formula is C19H21N7O2. The Morgan fingerprint density at radius 3 is 3.00 bits per heavy atom. The van der Waals surface area contributed by atoms with Crippen molar-refractivity contribution in [2.45, 2.75) is 32.2 Å². The van der Waals surface area contributed by atoms with Crippen LogP contribution in [0.1, 0.15) is 48.8 Å². The van der Waals surface area contributed by atoms with E-state index in [0.29, 0.717) is 40.7 Å². The highest BCUT2D eigenvalue weighted by Gasteiger charge is 2.25. The van der Waals surface area contributed by atoms with E-state index in [4.69, 9.17) is 14.6 Å². The molecule has 1 unspecified atom stereocenters. The van der Waals surface area contributed by atoms with Crippen LogP contribution < -0.4 is 10.1 Å². The van der Waals surface area contributed by atoms with Crippen LogP contribution >= 0.6 is 0 Å². The number of rotatable bonds is 8. The van der Waals surface area contributed by atoms with Gasteiger partial charge in [-0.25, -0.2) is 15.0 Å². The second-order valence-corrected chi connectivity index (χ2v) is 6.77. The first-order valence-corrected chi connectivity index (χ1v) is 9.13. The van der Waals surface area contributed by atoms with E-state index in [2.05, 4.69) is 30.5 Å². The number of aromatic nitrogens is 5. The zero-order chi connectivity index (χ0) is 19.5. The van der Waals surface area contributed by atoms with Gasteiger partial charge in [-0.15, -0.1) is 10.2 Å². The SMILES string of the molecule is COc1cccc(C(=N)c2cncnc2NC(C)c2nnc(CC3CC3)o2)n1. The van der Waals surface area contributed by atoms with Crippen molar-refractivity contribution < 1.29 is 9.15 Å². The van der Waals surface area contributed by atoms with Crippen molar-refractivity contribution in [3.63, 3.8) is 0 Å². The Morgan fingerprint density at radius 1 is 1.36 bits per heavy atom. The second-order valence-electron chi connectivity index (χ2n) is 6.77. The fraction of sp³-hybridized carbons (Fsp3) is 0.368. The van der Waals surface area contributed by atoms with E-state index in [-0.39, 0.29) is 11.8 Å². The predicted molar refractivity (Wildman–Crippen MR) is 102 cm³/mol. The molecule has 1 aliphatic carbocycles. The van der Waals surface area contributed by atoms with Crippen molar-refractivity contribution in [1.82, 2.24) is 25.1 Å². The molecule has 1 atom stereocenters. The van der Waals surface area contributed by atoms with Crippen molar-refractivity contribution >= 4 is 11.5 Å². The largest absolute Gasteiger partial charge is 0.481 e. The van der Waals surface area contributed by atoms with Gasteiger partial charge in [0.1, 0.15) is 18.2 Å². The van der Waals surface area contributed by atoms with Gasteiger partial charge in [0.25, 0.3) is 0 Å². The Balaban J connectivity index is 1.53. The van der Waals surface area contributed by atoms with E-state index in [0.717, 1.165) is 6.42 Å². The fourth-order valence-corrected chi connectivity index (χ4v) is 2.79. The van der Waals surface area contributed by atoms with Crippen LogP contribution in [-0.4, -0.2) is 38.0 Å². The topological polar surface area (TPSA) is 123 Å². The number of ether oxygens (including phenoxy) is 1. The van der Waals surface area contributed by atoms with Crippen LogP contribution in [0.3, 0.4) is 0 Å². The summed E-state index contributed by atoms with van der Waals surface area (Å²) in [5.74, 6) is 2.78. The van der Waals surface area contributed by atoms with Gasteiger partial charge in [-0.2, -0.15) is 0 Å². The van der Waals surface area contributed by atoms with Crippen molar-refractivity contribution in [3.05, 3.63) is 53.8 Å². The molecule has 0 aliphatic heterocycles. The van der Waals surface area contributed by atoms with Gasteiger partial charge in [0.05, 0.1) is 24.1 Å². The highest BCUT2D eigenvalue weighted by molar-refractivity contribution is 6.12. The summed E-state index contributed by atoms with van der Waals surface area (Å²) in [5, 5.41) is 20.0. The van der Waals surface area contributed by atoms with Crippen LogP contribution in [0.2, 0.25) is 0 Å². The molecule has 9 heteroatoms. The lowest BCUT2D eigenvalue weighted by Gasteiger charge is -2.14. The average Bonchev–Trinajstić information content (AvgIpc) is 3.42. The average molecular weight is 379 g/mol. The van der Waals surface area contributed by atoms with Crippen LogP contribution in [0.5, 0.6) is 5.88 Å². The second kappa shape index (κ2) is 7.71. The molecule has 3 aromatic rings. The maximum absolute atomic E-state index is 8.53. The molecule has 1 fully saturated rings. The number of nitrogens with one attached hydrogen (secondary N) is 2. The van der Waals surface area contributed by atoms with Crippen LogP contribution in [0.25, 0.3) is 0 Å². The summed E-state index contributed by atoms with van der Waals surface area (Å²) >= 11 is 0. The number of pyridine rings is 1. The van der Waals surface area contributed by atoms with Gasteiger partial charge in [0.15, 0.2) is 0 Å². The number of anilines is 1. The van der Waals surface area contributed by atoms with E-state index in [9.17, 15) is 0 Å². The highest BCUT2D eigenvalue weighted by Crippen LogP contribution is 2.32. The van der Waals surface area contributed by atoms with Crippen molar-refractivity contribution in [2.24, 2.45) is 5.92 Å². The number of hydrogen-bond acceptors (Lipinski definition) is 9. The third-order valence-electron chi connectivity index (χ3n) is 4.54. The summed E-state index contributed by atoms with van der Waals surface area (Å²) in [7, 11) is 1.54. The maximum Gasteiger partial charge on any atom is 0.238 e. The van der Waals surface area contributed by atoms with Gasteiger partial charge in [-0.3, -0.25) is 5.41 Å². The number of hydrogen-bond donors (Lipinski definition) is 2. The molecule has 0 spiro atoms. The molecule has 1 aliphatic rings. The van der Waals surface area contributed by atoms with Gasteiger partial charge in [0, 0.05) is 18.7 Å². The van der Waals surface area contributed by atoms with Crippen molar-refractivity contribution in [3.8, 4) is 5.88 Å². The molecule has 3 aromatic heterocycles. The van der Waals surface area contributed by atoms with E-state index in [1.165, 1.54) is 26.3 Å². The summed E-state index contributed by atoms with van der Waals surface area (Å²) in [6.45, 7) is 1.91. The lowest BCUT2D eigenvalue weighted by molar-refractivity contribution is 0.397. The minimum atomic E-state index is -0.264. The molecule has 9 nitrogen and oxygen atoms in total. The molecule has 28 heavy (non-hydrogen) atoms. The molecule has 0 radical (unpaired) electrons. The summed E-state index contributed by atoms with van der Waals surface area (Å²) in [6, 6.07) is 5.00. The van der Waals surface area contributed by atoms with Crippen molar-refractivity contribution in [1.29, 1.82) is 5.41 Å². The molecule has 0 aromatic carbocycles. The Morgan fingerprint density at radius 2 is 2.21 bits per heavy atom. The van der Waals surface area contributed by atoms with E-state index < -0.39 is 0 Å². The van der Waals surface area contributed by atoms with Crippen LogP contribution in [0, 0.1) is 11.3 Å². The smallest absolute Gasteiger partial charge is 0.238 e. The minimum Gasteiger partial charge on any atom is -0.481 e. The summed E-state index contributed by atoms with van der Waals surface area (Å²) in [6.07, 6.45) is 6.31. The Kier molecular flexibility index (Phi) is 4.96. The van der Waals surface area contributed by atoms with Gasteiger partial charge in [0.2, 0.25) is 17.7 Å². The molecule has 0 amide bonds. The zero-order valence-corrected chi connectivity index (χ0v) is 15.7. The maximum atomic E-state index is 8.53. The van der Waals surface area contributed by atoms with Gasteiger partial charge in [-0.1, -0.05) is 6.07 Å². The lowest BCUT2D eigenvalue weighted by Crippen LogP contribution is -2.14. The fourth-order valence-electron chi connectivity index (χ4n) is 2.79. The molecule has 1 saturated carbocycles. The van der Waals surface area contributed by atoms with E-state index >= 15 is 0 Å². The normalized spacial score (nSPS) is 14.5. The summed E-state index contributed by atoms with van der Waals surface area (Å²) in [5.41, 5.74) is 1.18. The van der Waals surface area contributed by atoms with E-state index in [1.54, 1.807) is 24.4 Å². The Labute approximate surface area is 162 Å². The first-order valence-electron chi connectivity index (χ1n) is 9.13. The third kappa shape index (κ3) is 3.98. The highest BCUT2D eigenvalue weighted by atomic mass is 16.5. The monoisotopic (exact) mass is 379 g/mol. The van der Waals surface area contributed by atoms with Crippen molar-refractivity contribution in [2.75, 3.05) is 12.4 Å². The first-order chi connectivity index (χ1) is 13.6. The lowest BCUT2D eigenvalue weighted by atomic mass is 10.1. The van der Waals surface area contributed by atoms with Crippen LogP contribution in [-0.2, 0) is 6.42 Å². The predicted octanol–water partition coefficient (Wildman–Crippen LogP) is 2.80. The Hall–Kier alpha value is -3.36. The molecule has 2 N–H and O–H groups in total. The zero-order valence-electron chi connectivity index (χ0n) is 15.7. The molecule has 3 heterocycles. The number of methoxy groups -OCH3 is 1. The van der Waals surface area contributed by atoms with Crippen LogP contribution in [0.4, 0.5) is 5.82 Å². The molecule has 0 bridgehead atoms. The molecule has 4 rings (SSSR count). The standard InChI is InChI=1S/C19H21N7O2/c1-11(19-26-25-16(28-19)8-12-6-7-12)23-18-13(9-21-10-22-18)17(20)14-4-3-5-15(24-14)27-2/h3-5,9-12,20H,6-8H2,1-2H3,(H,21,22,23). The van der Waals surface area contributed by atoms with E-state index in [1.807, 2.05) is 6.92 Å². The molecular weight excluding hydrogens is 358 g/mol.